The summed E-state index contributed by atoms with van der Waals surface area (Å²) in [6, 6.07) is 10.7. The fourth-order valence-electron chi connectivity index (χ4n) is 4.41. The number of aromatic nitrogens is 5. The minimum Gasteiger partial charge on any atom is -0.444 e. The van der Waals surface area contributed by atoms with Gasteiger partial charge in [0.15, 0.2) is 11.5 Å². The van der Waals surface area contributed by atoms with Gasteiger partial charge in [0, 0.05) is 43.2 Å². The monoisotopic (exact) mass is 502 g/mol. The van der Waals surface area contributed by atoms with Gasteiger partial charge in [-0.2, -0.15) is 0 Å². The quantitative estimate of drug-likeness (QED) is 0.386. The molecule has 11 nitrogen and oxygen atoms in total. The van der Waals surface area contributed by atoms with Gasteiger partial charge in [-0.1, -0.05) is 0 Å². The van der Waals surface area contributed by atoms with Crippen molar-refractivity contribution in [2.24, 2.45) is 0 Å². The van der Waals surface area contributed by atoms with E-state index in [9.17, 15) is 9.59 Å². The third kappa shape index (κ3) is 5.25. The maximum Gasteiger partial charge on any atom is 0.407 e. The van der Waals surface area contributed by atoms with Crippen LogP contribution in [0, 0.1) is 0 Å². The number of nitrogens with zero attached hydrogens (tertiary/aromatic N) is 5. The van der Waals surface area contributed by atoms with Crippen molar-refractivity contribution in [2.75, 3.05) is 23.8 Å². The van der Waals surface area contributed by atoms with Crippen molar-refractivity contribution in [1.29, 1.82) is 0 Å². The molecule has 0 bridgehead atoms. The maximum absolute atomic E-state index is 12.3. The van der Waals surface area contributed by atoms with E-state index in [4.69, 9.17) is 20.4 Å². The number of alkyl carbamates (subject to hydrolysis) is 1. The lowest BCUT2D eigenvalue weighted by molar-refractivity contribution is 0.0495. The molecular weight excluding hydrogens is 472 g/mol. The molecule has 11 heteroatoms. The zero-order chi connectivity index (χ0) is 26.2. The number of piperidine rings is 1. The highest BCUT2D eigenvalue weighted by molar-refractivity contribution is 5.82. The number of aromatic amines is 1. The van der Waals surface area contributed by atoms with Crippen LogP contribution in [-0.2, 0) is 4.74 Å². The number of imidazole rings is 1. The molecule has 1 aliphatic rings. The van der Waals surface area contributed by atoms with Crippen molar-refractivity contribution in [3.05, 3.63) is 59.1 Å². The van der Waals surface area contributed by atoms with E-state index >= 15 is 0 Å². The Bertz CT molecular complexity index is 1480. The van der Waals surface area contributed by atoms with Gasteiger partial charge in [-0.25, -0.2) is 24.4 Å². The summed E-state index contributed by atoms with van der Waals surface area (Å²) >= 11 is 0. The second-order valence-electron chi connectivity index (χ2n) is 10.0. The van der Waals surface area contributed by atoms with Crippen molar-refractivity contribution in [1.82, 2.24) is 29.9 Å². The molecule has 0 spiro atoms. The molecule has 1 aliphatic heterocycles. The lowest BCUT2D eigenvalue weighted by Crippen LogP contribution is -2.49. The number of hydrogen-bond acceptors (Lipinski definition) is 8. The molecule has 4 N–H and O–H groups in total. The van der Waals surface area contributed by atoms with E-state index in [0.29, 0.717) is 47.2 Å². The highest BCUT2D eigenvalue weighted by Crippen LogP contribution is 2.30. The first-order valence-corrected chi connectivity index (χ1v) is 12.2. The minimum atomic E-state index is -0.547. The molecule has 5 heterocycles. The number of carbonyl (C=O) groups excluding carboxylic acids is 1. The van der Waals surface area contributed by atoms with E-state index in [1.165, 1.54) is 6.07 Å². The lowest BCUT2D eigenvalue weighted by Gasteiger charge is -2.35. The van der Waals surface area contributed by atoms with Crippen molar-refractivity contribution < 1.29 is 9.53 Å². The van der Waals surface area contributed by atoms with Crippen LogP contribution in [0.1, 0.15) is 33.6 Å². The van der Waals surface area contributed by atoms with E-state index in [0.717, 1.165) is 18.4 Å². The van der Waals surface area contributed by atoms with Gasteiger partial charge in [-0.05, 0) is 63.9 Å². The Labute approximate surface area is 213 Å². The first kappa shape index (κ1) is 24.3. The maximum atomic E-state index is 12.3. The number of nitrogens with one attached hydrogen (secondary N) is 2. The van der Waals surface area contributed by atoms with Crippen molar-refractivity contribution in [2.45, 2.75) is 45.3 Å². The third-order valence-electron chi connectivity index (χ3n) is 6.12. The second kappa shape index (κ2) is 9.57. The molecule has 0 radical (unpaired) electrons. The van der Waals surface area contributed by atoms with E-state index in [2.05, 4.69) is 20.3 Å². The van der Waals surface area contributed by atoms with Crippen LogP contribution >= 0.6 is 0 Å². The van der Waals surface area contributed by atoms with Crippen LogP contribution in [-0.4, -0.2) is 55.4 Å². The third-order valence-corrected chi connectivity index (χ3v) is 6.12. The second-order valence-corrected chi connectivity index (χ2v) is 10.0. The smallest absolute Gasteiger partial charge is 0.407 e. The van der Waals surface area contributed by atoms with Gasteiger partial charge in [0.05, 0.1) is 11.3 Å². The molecular formula is C26H30N8O3. The predicted molar refractivity (Wildman–Crippen MR) is 142 cm³/mol. The minimum absolute atomic E-state index is 0.00235. The van der Waals surface area contributed by atoms with Crippen LogP contribution in [0.2, 0.25) is 0 Å². The topological polar surface area (TPSA) is 144 Å². The molecule has 5 rings (SSSR count). The van der Waals surface area contributed by atoms with Crippen molar-refractivity contribution in [3.8, 4) is 22.6 Å². The highest BCUT2D eigenvalue weighted by Gasteiger charge is 2.27. The first-order valence-electron chi connectivity index (χ1n) is 12.2. The number of nitrogen functional groups attached to an aromatic ring is 1. The molecule has 0 saturated carbocycles. The number of ether oxygens (including phenoxy) is 1. The zero-order valence-electron chi connectivity index (χ0n) is 21.1. The zero-order valence-corrected chi connectivity index (χ0v) is 21.1. The van der Waals surface area contributed by atoms with Gasteiger partial charge in [0.1, 0.15) is 16.9 Å². The Hall–Kier alpha value is -4.41. The van der Waals surface area contributed by atoms with Gasteiger partial charge in [-0.3, -0.25) is 4.79 Å². The van der Waals surface area contributed by atoms with Gasteiger partial charge >= 0.3 is 6.09 Å². The summed E-state index contributed by atoms with van der Waals surface area (Å²) in [5.41, 5.74) is 9.09. The number of hydrogen-bond donors (Lipinski definition) is 3. The normalized spacial score (nSPS) is 14.6. The number of rotatable bonds is 4. The van der Waals surface area contributed by atoms with Gasteiger partial charge in [-0.15, -0.1) is 0 Å². The number of carbonyl (C=O) groups is 1. The number of anilines is 1. The lowest BCUT2D eigenvalue weighted by atomic mass is 10.1. The summed E-state index contributed by atoms with van der Waals surface area (Å²) < 4.78 is 7.41. The van der Waals surface area contributed by atoms with Crippen molar-refractivity contribution >= 4 is 23.1 Å². The Balaban J connectivity index is 1.49. The molecule has 1 amide bonds. The van der Waals surface area contributed by atoms with Crippen LogP contribution in [0.5, 0.6) is 0 Å². The predicted octanol–water partition coefficient (Wildman–Crippen LogP) is 3.06. The molecule has 37 heavy (non-hydrogen) atoms. The van der Waals surface area contributed by atoms with Gasteiger partial charge in [0.25, 0.3) is 0 Å². The molecule has 0 aromatic carbocycles. The summed E-state index contributed by atoms with van der Waals surface area (Å²) in [4.78, 5) is 40.5. The van der Waals surface area contributed by atoms with Crippen LogP contribution in [0.4, 0.5) is 10.6 Å². The fourth-order valence-corrected chi connectivity index (χ4v) is 4.41. The number of amides is 1. The molecule has 4 aromatic rings. The highest BCUT2D eigenvalue weighted by atomic mass is 16.6. The van der Waals surface area contributed by atoms with Crippen LogP contribution in [0.15, 0.2) is 53.6 Å². The fraction of sp³-hybridized carbons (Fsp3) is 0.346. The average molecular weight is 503 g/mol. The molecule has 4 aromatic heterocycles. The summed E-state index contributed by atoms with van der Waals surface area (Å²) in [5.74, 6) is 1.02. The van der Waals surface area contributed by atoms with E-state index in [1.54, 1.807) is 18.5 Å². The number of pyridine rings is 3. The van der Waals surface area contributed by atoms with E-state index in [1.807, 2.05) is 49.7 Å². The number of fused-ring (bicyclic) bond motifs is 1. The van der Waals surface area contributed by atoms with Gasteiger partial charge in [0.2, 0.25) is 5.56 Å². The Morgan fingerprint density at radius 1 is 1.14 bits per heavy atom. The molecule has 1 fully saturated rings. The summed E-state index contributed by atoms with van der Waals surface area (Å²) in [5, 5.41) is 5.14. The molecule has 1 saturated heterocycles. The molecule has 0 aliphatic carbocycles. The Morgan fingerprint density at radius 2 is 1.92 bits per heavy atom. The van der Waals surface area contributed by atoms with Crippen LogP contribution in [0.25, 0.3) is 33.8 Å². The Morgan fingerprint density at radius 3 is 2.59 bits per heavy atom. The van der Waals surface area contributed by atoms with E-state index < -0.39 is 11.7 Å². The summed E-state index contributed by atoms with van der Waals surface area (Å²) in [6.45, 7) is 6.85. The SMILES string of the molecule is CC(C)(C)OC(=O)NC1CCN(n2c(-c3cccnc3N)nc3ccc(-c4ccc(=O)[nH]c4)nc32)CC1. The largest absolute Gasteiger partial charge is 0.444 e. The number of nitrogens with two attached hydrogens (primary N) is 1. The van der Waals surface area contributed by atoms with Crippen LogP contribution < -0.4 is 21.6 Å². The van der Waals surface area contributed by atoms with Gasteiger partial charge < -0.3 is 25.8 Å². The van der Waals surface area contributed by atoms with Crippen molar-refractivity contribution in [3.63, 3.8) is 0 Å². The van der Waals surface area contributed by atoms with E-state index in [-0.39, 0.29) is 11.6 Å². The first-order chi connectivity index (χ1) is 17.7. The number of H-pyrrole nitrogens is 1. The standard InChI is InChI=1S/C26H30N8O3/c1-26(2,3)37-25(36)30-17-10-13-33(14-11-17)34-23(18-5-4-12-28-22(18)27)32-20-8-7-19(31-24(20)34)16-6-9-21(35)29-15-16/h4-9,12,15,17H,10-11,13-14H2,1-3H3,(H2,27,28)(H,29,35)(H,30,36). The summed E-state index contributed by atoms with van der Waals surface area (Å²) in [6.07, 6.45) is 4.33. The molecule has 0 unspecified atom stereocenters. The average Bonchev–Trinajstić information content (AvgIpc) is 3.22. The molecule has 0 atom stereocenters. The molecule has 192 valence electrons. The van der Waals surface area contributed by atoms with Crippen LogP contribution in [0.3, 0.4) is 0 Å². The summed E-state index contributed by atoms with van der Waals surface area (Å²) in [7, 11) is 0. The Kier molecular flexibility index (Phi) is 6.28.